The Morgan fingerprint density at radius 2 is 1.79 bits per heavy atom. The number of Topliss-reactive ketones (excluding diaryl/α,β-unsaturated/α-hetero) is 1. The zero-order chi connectivity index (χ0) is 27.0. The van der Waals surface area contributed by atoms with Crippen LogP contribution in [0.4, 0.5) is 32.0 Å². The van der Waals surface area contributed by atoms with Gasteiger partial charge in [0.15, 0.2) is 5.78 Å². The number of benzene rings is 2. The maximum absolute atomic E-state index is 15.5. The fraction of sp³-hybridized carbons (Fsp3) is 0.148. The number of hydrogen-bond donors (Lipinski definition) is 0. The summed E-state index contributed by atoms with van der Waals surface area (Å²) in [7, 11) is 0. The first kappa shape index (κ1) is 25.2. The highest BCUT2D eigenvalue weighted by molar-refractivity contribution is 5.97. The minimum atomic E-state index is -4.87. The van der Waals surface area contributed by atoms with E-state index in [9.17, 15) is 26.7 Å². The number of carbonyl (C=O) groups excluding carboxylic acids is 1. The molecule has 3 heterocycles. The Kier molecular flexibility index (Phi) is 6.52. The average molecular weight is 526 g/mol. The molecule has 0 atom stereocenters. The quantitative estimate of drug-likeness (QED) is 0.220. The highest BCUT2D eigenvalue weighted by Gasteiger charge is 2.32. The van der Waals surface area contributed by atoms with Gasteiger partial charge in [0, 0.05) is 48.4 Å². The number of hydrogen-bond acceptors (Lipinski definition) is 5. The third-order valence-electron chi connectivity index (χ3n) is 6.06. The van der Waals surface area contributed by atoms with Crippen molar-refractivity contribution in [2.75, 3.05) is 0 Å². The molecule has 1 aliphatic rings. The molecule has 4 aromatic rings. The molecule has 192 valence electrons. The molecule has 0 saturated heterocycles. The number of alkyl halides is 3. The number of fused-ring (bicyclic) bond motifs is 1. The number of rotatable bonds is 6. The SMILES string of the molecule is O=C(Cc1ccc(F)c(Cc2ncccc2-c2ncnc3c2N=CC3)c1F)c1cc(F)cc(C(F)(F)F)c1. The summed E-state index contributed by atoms with van der Waals surface area (Å²) in [5.41, 5.74) is -0.0951. The van der Waals surface area contributed by atoms with E-state index in [-0.39, 0.29) is 29.3 Å². The Morgan fingerprint density at radius 1 is 0.974 bits per heavy atom. The maximum atomic E-state index is 15.5. The van der Waals surface area contributed by atoms with E-state index in [1.807, 2.05) is 0 Å². The Labute approximate surface area is 211 Å². The standard InChI is InChI=1S/C27H16F6N4O/c28-17-9-15(8-16(11-17)27(31,32)33)23(38)10-14-3-4-20(29)19(24(14)30)12-22-18(2-1-6-34-22)25-26-21(5-7-35-26)36-13-37-25/h1-4,6-9,11,13H,5,10,12H2. The second kappa shape index (κ2) is 9.81. The van der Waals surface area contributed by atoms with Crippen LogP contribution < -0.4 is 0 Å². The molecule has 5 nitrogen and oxygen atoms in total. The first-order valence-electron chi connectivity index (χ1n) is 11.3. The largest absolute Gasteiger partial charge is 0.416 e. The van der Waals surface area contributed by atoms with Gasteiger partial charge >= 0.3 is 6.18 Å². The normalized spacial score (nSPS) is 12.6. The summed E-state index contributed by atoms with van der Waals surface area (Å²) in [4.78, 5) is 29.7. The van der Waals surface area contributed by atoms with Gasteiger partial charge in [-0.15, -0.1) is 0 Å². The number of carbonyl (C=O) groups is 1. The van der Waals surface area contributed by atoms with Crippen molar-refractivity contribution < 1.29 is 31.1 Å². The molecule has 0 fully saturated rings. The lowest BCUT2D eigenvalue weighted by atomic mass is 9.96. The molecule has 5 rings (SSSR count). The van der Waals surface area contributed by atoms with Crippen molar-refractivity contribution in [3.63, 3.8) is 0 Å². The number of halogens is 6. The van der Waals surface area contributed by atoms with Crippen LogP contribution in [0.2, 0.25) is 0 Å². The summed E-state index contributed by atoms with van der Waals surface area (Å²) < 4.78 is 83.1. The summed E-state index contributed by atoms with van der Waals surface area (Å²) in [5, 5.41) is 0. The van der Waals surface area contributed by atoms with Gasteiger partial charge in [-0.25, -0.2) is 23.1 Å². The fourth-order valence-corrected chi connectivity index (χ4v) is 4.22. The Balaban J connectivity index is 1.47. The van der Waals surface area contributed by atoms with E-state index in [1.54, 1.807) is 18.3 Å². The highest BCUT2D eigenvalue weighted by atomic mass is 19.4. The van der Waals surface area contributed by atoms with Crippen molar-refractivity contribution in [1.29, 1.82) is 0 Å². The first-order chi connectivity index (χ1) is 18.1. The van der Waals surface area contributed by atoms with Gasteiger partial charge < -0.3 is 0 Å². The molecule has 2 aromatic heterocycles. The number of pyridine rings is 1. The highest BCUT2D eigenvalue weighted by Crippen LogP contribution is 2.35. The molecule has 1 aliphatic heterocycles. The van der Waals surface area contributed by atoms with Gasteiger partial charge in [0.1, 0.15) is 35.2 Å². The van der Waals surface area contributed by atoms with Crippen molar-refractivity contribution in [2.45, 2.75) is 25.4 Å². The van der Waals surface area contributed by atoms with Crippen LogP contribution in [0.25, 0.3) is 11.3 Å². The summed E-state index contributed by atoms with van der Waals surface area (Å²) >= 11 is 0. The lowest BCUT2D eigenvalue weighted by molar-refractivity contribution is -0.137. The molecule has 0 saturated carbocycles. The molecule has 0 unspecified atom stereocenters. The smallest absolute Gasteiger partial charge is 0.294 e. The zero-order valence-corrected chi connectivity index (χ0v) is 19.4. The van der Waals surface area contributed by atoms with Crippen LogP contribution in [0.15, 0.2) is 60.0 Å². The van der Waals surface area contributed by atoms with Gasteiger partial charge in [0.25, 0.3) is 0 Å². The summed E-state index contributed by atoms with van der Waals surface area (Å²) in [6.07, 6.45) is -0.871. The Hall–Kier alpha value is -4.41. The molecule has 0 aliphatic carbocycles. The van der Waals surface area contributed by atoms with Crippen molar-refractivity contribution in [3.8, 4) is 11.3 Å². The molecular formula is C27H16F6N4O. The van der Waals surface area contributed by atoms with Gasteiger partial charge in [-0.2, -0.15) is 13.2 Å². The van der Waals surface area contributed by atoms with Crippen molar-refractivity contribution in [1.82, 2.24) is 15.0 Å². The van der Waals surface area contributed by atoms with Crippen LogP contribution in [0.3, 0.4) is 0 Å². The van der Waals surface area contributed by atoms with Crippen LogP contribution >= 0.6 is 0 Å². The van der Waals surface area contributed by atoms with Gasteiger partial charge in [-0.1, -0.05) is 6.07 Å². The minimum absolute atomic E-state index is 0.255. The maximum Gasteiger partial charge on any atom is 0.416 e. The topological polar surface area (TPSA) is 68.1 Å². The van der Waals surface area contributed by atoms with Crippen molar-refractivity contribution in [3.05, 3.63) is 106 Å². The Morgan fingerprint density at radius 3 is 2.58 bits per heavy atom. The molecule has 0 bridgehead atoms. The Bertz CT molecular complexity index is 1600. The molecule has 2 aromatic carbocycles. The summed E-state index contributed by atoms with van der Waals surface area (Å²) in [6, 6.07) is 6.71. The lowest BCUT2D eigenvalue weighted by Gasteiger charge is -2.13. The van der Waals surface area contributed by atoms with Crippen LogP contribution in [0.1, 0.15) is 38.4 Å². The van der Waals surface area contributed by atoms with E-state index in [0.717, 1.165) is 12.1 Å². The number of nitrogens with zero attached hydrogens (tertiary/aromatic N) is 4. The number of ketones is 1. The van der Waals surface area contributed by atoms with E-state index in [2.05, 4.69) is 19.9 Å². The zero-order valence-electron chi connectivity index (χ0n) is 19.4. The molecule has 0 amide bonds. The number of aliphatic imine (C=N–C) groups is 1. The van der Waals surface area contributed by atoms with Gasteiger partial charge in [-0.05, 0) is 42.0 Å². The second-order valence-electron chi connectivity index (χ2n) is 8.53. The van der Waals surface area contributed by atoms with Gasteiger partial charge in [0.2, 0.25) is 0 Å². The molecule has 38 heavy (non-hydrogen) atoms. The van der Waals surface area contributed by atoms with E-state index in [0.29, 0.717) is 41.2 Å². The van der Waals surface area contributed by atoms with E-state index in [1.165, 1.54) is 12.5 Å². The van der Waals surface area contributed by atoms with Crippen LogP contribution in [0.5, 0.6) is 0 Å². The van der Waals surface area contributed by atoms with Gasteiger partial charge in [0.05, 0.1) is 17.0 Å². The van der Waals surface area contributed by atoms with E-state index >= 15 is 4.39 Å². The predicted octanol–water partition coefficient (Wildman–Crippen LogP) is 6.25. The predicted molar refractivity (Wildman–Crippen MR) is 126 cm³/mol. The minimum Gasteiger partial charge on any atom is -0.294 e. The molecule has 11 heteroatoms. The number of aromatic nitrogens is 3. The molecule has 0 spiro atoms. The van der Waals surface area contributed by atoms with E-state index < -0.39 is 47.0 Å². The van der Waals surface area contributed by atoms with Crippen LogP contribution in [-0.2, 0) is 25.4 Å². The monoisotopic (exact) mass is 526 g/mol. The van der Waals surface area contributed by atoms with E-state index in [4.69, 9.17) is 0 Å². The van der Waals surface area contributed by atoms with Crippen LogP contribution in [-0.4, -0.2) is 26.9 Å². The third kappa shape index (κ3) is 4.91. The molecule has 0 N–H and O–H groups in total. The summed E-state index contributed by atoms with van der Waals surface area (Å²) in [5.74, 6) is -4.16. The molecule has 0 radical (unpaired) electrons. The molecular weight excluding hydrogens is 510 g/mol. The first-order valence-corrected chi connectivity index (χ1v) is 11.3. The van der Waals surface area contributed by atoms with Crippen molar-refractivity contribution in [2.24, 2.45) is 4.99 Å². The van der Waals surface area contributed by atoms with Crippen LogP contribution in [0, 0.1) is 17.5 Å². The summed E-state index contributed by atoms with van der Waals surface area (Å²) in [6.45, 7) is 0. The lowest BCUT2D eigenvalue weighted by Crippen LogP contribution is -2.12. The third-order valence-corrected chi connectivity index (χ3v) is 6.06. The fourth-order valence-electron chi connectivity index (χ4n) is 4.22. The van der Waals surface area contributed by atoms with Crippen molar-refractivity contribution >= 4 is 17.7 Å². The average Bonchev–Trinajstić information content (AvgIpc) is 3.37. The van der Waals surface area contributed by atoms with Gasteiger partial charge in [-0.3, -0.25) is 14.8 Å². The second-order valence-corrected chi connectivity index (χ2v) is 8.53.